The smallest absolute Gasteiger partial charge is 0.158 e. The zero-order valence-corrected chi connectivity index (χ0v) is 16.4. The number of rotatable bonds is 6. The van der Waals surface area contributed by atoms with E-state index in [0.29, 0.717) is 29.2 Å². The third-order valence-corrected chi connectivity index (χ3v) is 5.03. The van der Waals surface area contributed by atoms with E-state index in [-0.39, 0.29) is 5.69 Å². The Morgan fingerprint density at radius 3 is 2.97 bits per heavy atom. The molecule has 0 amide bonds. The minimum atomic E-state index is 0.254. The number of aromatic amines is 1. The summed E-state index contributed by atoms with van der Waals surface area (Å²) in [5, 5.41) is 23.1. The molecule has 3 heterocycles. The van der Waals surface area contributed by atoms with E-state index in [9.17, 15) is 0 Å². The summed E-state index contributed by atoms with van der Waals surface area (Å²) in [6.07, 6.45) is 5.21. The molecule has 0 unspecified atom stereocenters. The van der Waals surface area contributed by atoms with Crippen molar-refractivity contribution in [2.45, 2.75) is 12.8 Å². The Hall–Kier alpha value is -3.15. The van der Waals surface area contributed by atoms with Gasteiger partial charge in [-0.05, 0) is 31.5 Å². The maximum atomic E-state index is 8.81. The molecule has 0 saturated carbocycles. The van der Waals surface area contributed by atoms with E-state index >= 15 is 0 Å². The summed E-state index contributed by atoms with van der Waals surface area (Å²) in [5.41, 5.74) is 1.75. The summed E-state index contributed by atoms with van der Waals surface area (Å²) in [6.45, 7) is 2.69. The molecular formula is C20H20ClN7O. The van der Waals surface area contributed by atoms with Crippen LogP contribution in [0.2, 0.25) is 5.02 Å². The number of nitrogens with one attached hydrogen (secondary N) is 3. The number of anilines is 2. The molecule has 2 aromatic heterocycles. The number of piperidine rings is 1. The highest BCUT2D eigenvalue weighted by Gasteiger charge is 2.17. The van der Waals surface area contributed by atoms with Crippen molar-refractivity contribution in [3.63, 3.8) is 0 Å². The highest BCUT2D eigenvalue weighted by atomic mass is 35.5. The number of benzene rings is 1. The van der Waals surface area contributed by atoms with Gasteiger partial charge in [0.05, 0.1) is 35.3 Å². The Labute approximate surface area is 173 Å². The molecular weight excluding hydrogens is 390 g/mol. The fraction of sp³-hybridized carbons (Fsp3) is 0.300. The van der Waals surface area contributed by atoms with E-state index < -0.39 is 0 Å². The van der Waals surface area contributed by atoms with Gasteiger partial charge in [0.25, 0.3) is 0 Å². The Bertz CT molecular complexity index is 1010. The summed E-state index contributed by atoms with van der Waals surface area (Å²) in [7, 11) is 0. The van der Waals surface area contributed by atoms with Gasteiger partial charge in [-0.15, -0.1) is 0 Å². The molecule has 1 aliphatic heterocycles. The van der Waals surface area contributed by atoms with Crippen molar-refractivity contribution in [2.24, 2.45) is 5.92 Å². The number of hydrogen-bond donors (Lipinski definition) is 3. The van der Waals surface area contributed by atoms with Gasteiger partial charge in [-0.25, -0.2) is 9.97 Å². The third-order valence-electron chi connectivity index (χ3n) is 4.72. The van der Waals surface area contributed by atoms with Crippen LogP contribution in [0.25, 0.3) is 11.3 Å². The lowest BCUT2D eigenvalue weighted by Crippen LogP contribution is -2.33. The van der Waals surface area contributed by atoms with Crippen molar-refractivity contribution in [1.29, 1.82) is 5.26 Å². The van der Waals surface area contributed by atoms with E-state index in [1.807, 2.05) is 30.3 Å². The number of halogens is 1. The molecule has 0 spiro atoms. The van der Waals surface area contributed by atoms with Gasteiger partial charge in [-0.3, -0.25) is 5.10 Å². The molecule has 9 heteroatoms. The van der Waals surface area contributed by atoms with Crippen LogP contribution in [0.3, 0.4) is 0 Å². The van der Waals surface area contributed by atoms with Gasteiger partial charge < -0.3 is 15.4 Å². The quantitative estimate of drug-likeness (QED) is 0.571. The van der Waals surface area contributed by atoms with Crippen LogP contribution in [0.5, 0.6) is 5.75 Å². The van der Waals surface area contributed by atoms with Crippen LogP contribution < -0.4 is 15.4 Å². The third kappa shape index (κ3) is 4.65. The Morgan fingerprint density at radius 2 is 2.21 bits per heavy atom. The molecule has 3 N–H and O–H groups in total. The molecule has 1 fully saturated rings. The predicted molar refractivity (Wildman–Crippen MR) is 110 cm³/mol. The number of aromatic nitrogens is 4. The van der Waals surface area contributed by atoms with Crippen molar-refractivity contribution in [3.8, 4) is 23.1 Å². The second kappa shape index (κ2) is 8.90. The van der Waals surface area contributed by atoms with Crippen molar-refractivity contribution < 1.29 is 4.74 Å². The van der Waals surface area contributed by atoms with Gasteiger partial charge >= 0.3 is 0 Å². The first-order chi connectivity index (χ1) is 14.2. The fourth-order valence-electron chi connectivity index (χ4n) is 3.26. The van der Waals surface area contributed by atoms with Crippen molar-refractivity contribution in [1.82, 2.24) is 25.5 Å². The molecule has 1 atom stereocenters. The summed E-state index contributed by atoms with van der Waals surface area (Å²) < 4.78 is 6.12. The van der Waals surface area contributed by atoms with E-state index in [0.717, 1.165) is 36.5 Å². The lowest BCUT2D eigenvalue weighted by molar-refractivity contribution is 0.219. The topological polar surface area (TPSA) is 112 Å². The normalized spacial score (nSPS) is 16.2. The van der Waals surface area contributed by atoms with Crippen LogP contribution in [-0.4, -0.2) is 39.9 Å². The summed E-state index contributed by atoms with van der Waals surface area (Å²) >= 11 is 6.47. The number of ether oxygens (including phenoxy) is 1. The maximum absolute atomic E-state index is 8.81. The fourth-order valence-corrected chi connectivity index (χ4v) is 3.52. The lowest BCUT2D eigenvalue weighted by Gasteiger charge is -2.23. The van der Waals surface area contributed by atoms with Gasteiger partial charge in [-0.2, -0.15) is 10.4 Å². The van der Waals surface area contributed by atoms with Crippen LogP contribution in [-0.2, 0) is 0 Å². The molecule has 1 saturated heterocycles. The minimum absolute atomic E-state index is 0.254. The maximum Gasteiger partial charge on any atom is 0.158 e. The minimum Gasteiger partial charge on any atom is -0.492 e. The Balaban J connectivity index is 1.51. The highest BCUT2D eigenvalue weighted by molar-refractivity contribution is 6.33. The first-order valence-corrected chi connectivity index (χ1v) is 9.77. The van der Waals surface area contributed by atoms with E-state index in [2.05, 4.69) is 30.8 Å². The van der Waals surface area contributed by atoms with E-state index in [4.69, 9.17) is 21.6 Å². The average molecular weight is 410 g/mol. The van der Waals surface area contributed by atoms with E-state index in [1.165, 1.54) is 18.8 Å². The lowest BCUT2D eigenvalue weighted by atomic mass is 10.0. The molecule has 0 aliphatic carbocycles. The molecule has 3 aromatic rings. The van der Waals surface area contributed by atoms with Crippen LogP contribution in [0, 0.1) is 17.2 Å². The standard InChI is InChI=1S/C20H20ClN7O/c21-15-4-1-5-17(29-12-13-3-2-6-23-9-13)20(15)16-7-18(28-27-16)26-19-11-24-14(8-22)10-25-19/h1,4-5,7,10-11,13,23H,2-3,6,9,12H2,(H2,25,26,27,28)/t13-/m0/s1. The summed E-state index contributed by atoms with van der Waals surface area (Å²) in [5.74, 6) is 2.25. The zero-order valence-electron chi connectivity index (χ0n) is 15.7. The largest absolute Gasteiger partial charge is 0.492 e. The average Bonchev–Trinajstić information content (AvgIpc) is 3.21. The van der Waals surface area contributed by atoms with Crippen molar-refractivity contribution in [3.05, 3.63) is 47.4 Å². The second-order valence-electron chi connectivity index (χ2n) is 6.83. The molecule has 0 radical (unpaired) electrons. The van der Waals surface area contributed by atoms with Gasteiger partial charge in [-0.1, -0.05) is 17.7 Å². The van der Waals surface area contributed by atoms with Gasteiger partial charge in [0, 0.05) is 18.5 Å². The number of nitrogens with zero attached hydrogens (tertiary/aromatic N) is 4. The molecule has 0 bridgehead atoms. The molecule has 1 aliphatic rings. The zero-order chi connectivity index (χ0) is 20.1. The van der Waals surface area contributed by atoms with E-state index in [1.54, 1.807) is 0 Å². The van der Waals surface area contributed by atoms with Crippen molar-refractivity contribution >= 4 is 23.2 Å². The molecule has 148 valence electrons. The SMILES string of the molecule is N#Cc1cnc(Nc2cc(-c3c(Cl)cccc3OC[C@H]3CCCNC3)[nH]n2)cn1. The van der Waals surface area contributed by atoms with Gasteiger partial charge in [0.15, 0.2) is 11.5 Å². The Kier molecular flexibility index (Phi) is 5.89. The molecule has 1 aromatic carbocycles. The number of hydrogen-bond acceptors (Lipinski definition) is 7. The number of nitriles is 1. The van der Waals surface area contributed by atoms with Gasteiger partial charge in [0.1, 0.15) is 17.6 Å². The van der Waals surface area contributed by atoms with Crippen LogP contribution in [0.15, 0.2) is 36.7 Å². The predicted octanol–water partition coefficient (Wildman–Crippen LogP) is 3.51. The second-order valence-corrected chi connectivity index (χ2v) is 7.23. The Morgan fingerprint density at radius 1 is 1.28 bits per heavy atom. The van der Waals surface area contributed by atoms with Crippen molar-refractivity contribution in [2.75, 3.05) is 25.0 Å². The van der Waals surface area contributed by atoms with Crippen LogP contribution in [0.1, 0.15) is 18.5 Å². The first kappa shape index (κ1) is 19.2. The molecule has 8 nitrogen and oxygen atoms in total. The van der Waals surface area contributed by atoms with Crippen LogP contribution >= 0.6 is 11.6 Å². The number of H-pyrrole nitrogens is 1. The molecule has 29 heavy (non-hydrogen) atoms. The summed E-state index contributed by atoms with van der Waals surface area (Å²) in [4.78, 5) is 8.12. The first-order valence-electron chi connectivity index (χ1n) is 9.40. The van der Waals surface area contributed by atoms with Crippen LogP contribution in [0.4, 0.5) is 11.6 Å². The van der Waals surface area contributed by atoms with Gasteiger partial charge in [0.2, 0.25) is 0 Å². The molecule has 4 rings (SSSR count). The monoisotopic (exact) mass is 409 g/mol. The summed E-state index contributed by atoms with van der Waals surface area (Å²) in [6, 6.07) is 9.38. The highest BCUT2D eigenvalue weighted by Crippen LogP contribution is 2.36.